The summed E-state index contributed by atoms with van der Waals surface area (Å²) in [4.78, 5) is 0.487. The fourth-order valence-corrected chi connectivity index (χ4v) is 1.33. The van der Waals surface area contributed by atoms with Gasteiger partial charge in [-0.2, -0.15) is 0 Å². The standard InChI is InChI=1S/C7H6BF4S.K/c1-13-5-2-3-6(7(9)4-5)8(10,11)12;/h2-4H,1H3;/q-1;+1. The van der Waals surface area contributed by atoms with Crippen molar-refractivity contribution in [2.45, 2.75) is 4.90 Å². The molecular weight excluding hydrogens is 242 g/mol. The molecule has 72 valence electrons. The molecule has 0 heterocycles. The van der Waals surface area contributed by atoms with Crippen molar-refractivity contribution < 1.29 is 68.7 Å². The topological polar surface area (TPSA) is 0 Å². The van der Waals surface area contributed by atoms with E-state index in [1.165, 1.54) is 17.8 Å². The van der Waals surface area contributed by atoms with Gasteiger partial charge in [0.2, 0.25) is 0 Å². The number of thioether (sulfide) groups is 1. The number of hydrogen-bond donors (Lipinski definition) is 0. The van der Waals surface area contributed by atoms with E-state index in [0.717, 1.165) is 12.1 Å². The number of rotatable bonds is 2. The maximum Gasteiger partial charge on any atom is 1.00 e. The average molecular weight is 248 g/mol. The van der Waals surface area contributed by atoms with Crippen molar-refractivity contribution in [2.24, 2.45) is 0 Å². The molecule has 1 aromatic rings. The first-order valence-electron chi connectivity index (χ1n) is 3.48. The van der Waals surface area contributed by atoms with Crippen molar-refractivity contribution in [3.63, 3.8) is 0 Å². The smallest absolute Gasteiger partial charge is 0.445 e. The van der Waals surface area contributed by atoms with Gasteiger partial charge < -0.3 is 12.9 Å². The zero-order chi connectivity index (χ0) is 10.1. The van der Waals surface area contributed by atoms with Crippen LogP contribution >= 0.6 is 11.8 Å². The first-order chi connectivity index (χ1) is 5.95. The first kappa shape index (κ1) is 15.0. The molecule has 0 aliphatic carbocycles. The Kier molecular flexibility index (Phi) is 6.33. The maximum absolute atomic E-state index is 12.8. The van der Waals surface area contributed by atoms with Crippen molar-refractivity contribution in [3.05, 3.63) is 24.0 Å². The van der Waals surface area contributed by atoms with Crippen molar-refractivity contribution in [1.29, 1.82) is 0 Å². The van der Waals surface area contributed by atoms with Crippen LogP contribution in [0.1, 0.15) is 0 Å². The first-order valence-corrected chi connectivity index (χ1v) is 4.71. The van der Waals surface area contributed by atoms with Crippen molar-refractivity contribution in [3.8, 4) is 0 Å². The van der Waals surface area contributed by atoms with Gasteiger partial charge in [-0.05, 0) is 12.3 Å². The minimum atomic E-state index is -5.23. The molecule has 0 aliphatic heterocycles. The predicted molar refractivity (Wildman–Crippen MR) is 46.9 cm³/mol. The van der Waals surface area contributed by atoms with E-state index in [1.54, 1.807) is 6.26 Å². The molecule has 0 N–H and O–H groups in total. The maximum atomic E-state index is 12.8. The molecule has 0 atom stereocenters. The Labute approximate surface area is 126 Å². The van der Waals surface area contributed by atoms with Crippen LogP contribution in [0.4, 0.5) is 17.3 Å². The van der Waals surface area contributed by atoms with E-state index in [-0.39, 0.29) is 51.4 Å². The molecule has 1 aromatic carbocycles. The van der Waals surface area contributed by atoms with Gasteiger partial charge in [-0.1, -0.05) is 17.6 Å². The summed E-state index contributed by atoms with van der Waals surface area (Å²) in [7, 11) is 0. The number of benzene rings is 1. The Bertz CT molecular complexity index is 315. The van der Waals surface area contributed by atoms with Gasteiger partial charge in [0.05, 0.1) is 5.82 Å². The van der Waals surface area contributed by atoms with E-state index in [1.807, 2.05) is 0 Å². The van der Waals surface area contributed by atoms with E-state index < -0.39 is 18.3 Å². The summed E-state index contributed by atoms with van der Waals surface area (Å²) in [5.41, 5.74) is -1.15. The van der Waals surface area contributed by atoms with Gasteiger partial charge in [-0.3, -0.25) is 0 Å². The van der Waals surface area contributed by atoms with Crippen LogP contribution in [0.25, 0.3) is 0 Å². The summed E-state index contributed by atoms with van der Waals surface area (Å²) in [6, 6.07) is 2.94. The van der Waals surface area contributed by atoms with Crippen LogP contribution in [0.5, 0.6) is 0 Å². The van der Waals surface area contributed by atoms with Crippen LogP contribution in [-0.4, -0.2) is 13.2 Å². The molecule has 0 amide bonds. The van der Waals surface area contributed by atoms with Gasteiger partial charge in [-0.15, -0.1) is 11.8 Å². The van der Waals surface area contributed by atoms with Crippen molar-refractivity contribution in [1.82, 2.24) is 0 Å². The van der Waals surface area contributed by atoms with Crippen LogP contribution in [0.2, 0.25) is 0 Å². The van der Waals surface area contributed by atoms with Crippen LogP contribution in [0, 0.1) is 5.82 Å². The Hall–Kier alpha value is 0.991. The van der Waals surface area contributed by atoms with E-state index in [4.69, 9.17) is 0 Å². The second-order valence-electron chi connectivity index (χ2n) is 2.46. The molecule has 14 heavy (non-hydrogen) atoms. The Morgan fingerprint density at radius 3 is 2.14 bits per heavy atom. The Balaban J connectivity index is 0.00000169. The molecule has 0 unspecified atom stereocenters. The molecule has 7 heteroatoms. The van der Waals surface area contributed by atoms with E-state index in [0.29, 0.717) is 4.90 Å². The third kappa shape index (κ3) is 3.86. The molecule has 0 fully saturated rings. The van der Waals surface area contributed by atoms with Crippen molar-refractivity contribution >= 4 is 24.2 Å². The third-order valence-corrected chi connectivity index (χ3v) is 2.29. The van der Waals surface area contributed by atoms with Crippen LogP contribution < -0.4 is 56.8 Å². The zero-order valence-electron chi connectivity index (χ0n) is 7.73. The van der Waals surface area contributed by atoms with Gasteiger partial charge in [0.25, 0.3) is 0 Å². The minimum Gasteiger partial charge on any atom is -0.445 e. The summed E-state index contributed by atoms with van der Waals surface area (Å²) in [6.45, 7) is -5.23. The number of halogens is 4. The molecule has 0 bridgehead atoms. The number of hydrogen-bond acceptors (Lipinski definition) is 1. The molecule has 0 nitrogen and oxygen atoms in total. The molecular formula is C7H6BF4KS. The summed E-state index contributed by atoms with van der Waals surface area (Å²) in [6.07, 6.45) is 1.67. The summed E-state index contributed by atoms with van der Waals surface area (Å²) in [5, 5.41) is 0. The molecule has 0 aromatic heterocycles. The summed E-state index contributed by atoms with van der Waals surface area (Å²) < 4.78 is 49.1. The average Bonchev–Trinajstić information content (AvgIpc) is 2.01. The molecule has 0 saturated heterocycles. The fraction of sp³-hybridized carbons (Fsp3) is 0.143. The molecule has 1 rings (SSSR count). The molecule has 0 aliphatic rings. The summed E-state index contributed by atoms with van der Waals surface area (Å²) in [5.74, 6) is -1.20. The van der Waals surface area contributed by atoms with Crippen LogP contribution in [0.3, 0.4) is 0 Å². The summed E-state index contributed by atoms with van der Waals surface area (Å²) >= 11 is 1.20. The fourth-order valence-electron chi connectivity index (χ4n) is 0.900. The van der Waals surface area contributed by atoms with Gasteiger partial charge in [0.15, 0.2) is 0 Å². The minimum absolute atomic E-state index is 0. The van der Waals surface area contributed by atoms with Crippen LogP contribution in [0.15, 0.2) is 23.1 Å². The zero-order valence-corrected chi connectivity index (χ0v) is 11.7. The SMILES string of the molecule is CSc1ccc([B-](F)(F)F)c(F)c1.[K+]. The largest absolute Gasteiger partial charge is 1.00 e. The second-order valence-corrected chi connectivity index (χ2v) is 3.34. The van der Waals surface area contributed by atoms with E-state index in [9.17, 15) is 17.3 Å². The molecule has 0 saturated carbocycles. The van der Waals surface area contributed by atoms with Crippen LogP contribution in [-0.2, 0) is 0 Å². The third-order valence-electron chi connectivity index (χ3n) is 1.56. The van der Waals surface area contributed by atoms with Gasteiger partial charge in [0, 0.05) is 4.90 Å². The van der Waals surface area contributed by atoms with Gasteiger partial charge in [-0.25, -0.2) is 4.39 Å². The Morgan fingerprint density at radius 1 is 1.21 bits per heavy atom. The van der Waals surface area contributed by atoms with Crippen molar-refractivity contribution in [2.75, 3.05) is 6.26 Å². The van der Waals surface area contributed by atoms with E-state index >= 15 is 0 Å². The second kappa shape index (κ2) is 5.91. The quantitative estimate of drug-likeness (QED) is 0.390. The predicted octanol–water partition coefficient (Wildman–Crippen LogP) is -0.394. The molecule has 0 radical (unpaired) electrons. The van der Waals surface area contributed by atoms with Gasteiger partial charge >= 0.3 is 58.4 Å². The van der Waals surface area contributed by atoms with E-state index in [2.05, 4.69) is 0 Å². The molecule has 0 spiro atoms. The monoisotopic (exact) mass is 248 g/mol. The Morgan fingerprint density at radius 2 is 1.79 bits per heavy atom. The van der Waals surface area contributed by atoms with Gasteiger partial charge in [0.1, 0.15) is 0 Å². The normalized spacial score (nSPS) is 10.9.